The Bertz CT molecular complexity index is 387. The standard InChI is InChI=1S/C10H10INO/c1-5-3-7-6(2)12-10(13)8(7)4-9(5)11/h3-4,6H,1-2H3,(H,12,13). The Hall–Kier alpha value is -0.580. The van der Waals surface area contributed by atoms with Crippen molar-refractivity contribution < 1.29 is 4.79 Å². The number of carbonyl (C=O) groups excluding carboxylic acids is 1. The highest BCUT2D eigenvalue weighted by Gasteiger charge is 2.25. The molecule has 2 nitrogen and oxygen atoms in total. The van der Waals surface area contributed by atoms with Gasteiger partial charge in [0.25, 0.3) is 5.91 Å². The van der Waals surface area contributed by atoms with Crippen LogP contribution in [-0.4, -0.2) is 5.91 Å². The number of amides is 1. The summed E-state index contributed by atoms with van der Waals surface area (Å²) in [5.74, 6) is 0.0559. The maximum atomic E-state index is 11.4. The summed E-state index contributed by atoms with van der Waals surface area (Å²) in [6, 6.07) is 4.22. The van der Waals surface area contributed by atoms with E-state index in [9.17, 15) is 4.79 Å². The first-order valence-corrected chi connectivity index (χ1v) is 5.28. The molecule has 0 spiro atoms. The number of halogens is 1. The van der Waals surface area contributed by atoms with E-state index < -0.39 is 0 Å². The molecule has 1 heterocycles. The molecular weight excluding hydrogens is 277 g/mol. The molecule has 0 bridgehead atoms. The summed E-state index contributed by atoms with van der Waals surface area (Å²) in [5, 5.41) is 2.89. The molecule has 13 heavy (non-hydrogen) atoms. The number of nitrogens with one attached hydrogen (secondary N) is 1. The maximum Gasteiger partial charge on any atom is 0.252 e. The van der Waals surface area contributed by atoms with Crippen LogP contribution >= 0.6 is 22.6 Å². The highest BCUT2D eigenvalue weighted by Crippen LogP contribution is 2.28. The van der Waals surface area contributed by atoms with Crippen molar-refractivity contribution in [1.82, 2.24) is 5.32 Å². The SMILES string of the molecule is Cc1cc2c(cc1I)C(=O)NC2C. The van der Waals surface area contributed by atoms with Crippen LogP contribution in [0.4, 0.5) is 0 Å². The molecule has 2 rings (SSSR count). The molecule has 0 saturated heterocycles. The van der Waals surface area contributed by atoms with Crippen LogP contribution in [-0.2, 0) is 0 Å². The van der Waals surface area contributed by atoms with Gasteiger partial charge in [0.2, 0.25) is 0 Å². The highest BCUT2D eigenvalue weighted by atomic mass is 127. The first-order chi connectivity index (χ1) is 6.09. The van der Waals surface area contributed by atoms with Crippen molar-refractivity contribution in [2.24, 2.45) is 0 Å². The fourth-order valence-corrected chi connectivity index (χ4v) is 2.08. The predicted octanol–water partition coefficient (Wildman–Crippen LogP) is 2.40. The van der Waals surface area contributed by atoms with E-state index in [1.54, 1.807) is 0 Å². The Morgan fingerprint density at radius 1 is 1.46 bits per heavy atom. The molecule has 1 aromatic rings. The molecule has 1 aliphatic heterocycles. The molecule has 0 fully saturated rings. The minimum atomic E-state index is 0.0559. The van der Waals surface area contributed by atoms with Crippen molar-refractivity contribution in [3.63, 3.8) is 0 Å². The zero-order valence-electron chi connectivity index (χ0n) is 7.52. The minimum absolute atomic E-state index is 0.0559. The number of fused-ring (bicyclic) bond motifs is 1. The van der Waals surface area contributed by atoms with Crippen LogP contribution in [0.15, 0.2) is 12.1 Å². The van der Waals surface area contributed by atoms with Gasteiger partial charge < -0.3 is 5.32 Å². The normalized spacial score (nSPS) is 19.9. The van der Waals surface area contributed by atoms with E-state index in [4.69, 9.17) is 0 Å². The lowest BCUT2D eigenvalue weighted by atomic mass is 10.0. The summed E-state index contributed by atoms with van der Waals surface area (Å²) in [7, 11) is 0. The van der Waals surface area contributed by atoms with Gasteiger partial charge in [-0.2, -0.15) is 0 Å². The Labute approximate surface area is 90.9 Å². The summed E-state index contributed by atoms with van der Waals surface area (Å²) in [5.41, 5.74) is 3.20. The molecule has 3 heteroatoms. The number of aryl methyl sites for hydroxylation is 1. The van der Waals surface area contributed by atoms with Crippen molar-refractivity contribution in [3.8, 4) is 0 Å². The fraction of sp³-hybridized carbons (Fsp3) is 0.300. The van der Waals surface area contributed by atoms with E-state index in [0.29, 0.717) is 0 Å². The predicted molar refractivity (Wildman–Crippen MR) is 59.8 cm³/mol. The zero-order chi connectivity index (χ0) is 9.59. The molecular formula is C10H10INO. The average molecular weight is 287 g/mol. The van der Waals surface area contributed by atoms with Gasteiger partial charge in [-0.15, -0.1) is 0 Å². The molecule has 1 aliphatic rings. The van der Waals surface area contributed by atoms with Gasteiger partial charge in [-0.25, -0.2) is 0 Å². The topological polar surface area (TPSA) is 29.1 Å². The molecule has 1 amide bonds. The Balaban J connectivity index is 2.65. The summed E-state index contributed by atoms with van der Waals surface area (Å²) in [6.45, 7) is 4.08. The molecule has 1 unspecified atom stereocenters. The largest absolute Gasteiger partial charge is 0.345 e. The van der Waals surface area contributed by atoms with Crippen molar-refractivity contribution in [2.45, 2.75) is 19.9 Å². The van der Waals surface area contributed by atoms with Crippen molar-refractivity contribution >= 4 is 28.5 Å². The number of hydrogen-bond donors (Lipinski definition) is 1. The fourth-order valence-electron chi connectivity index (χ4n) is 1.61. The lowest BCUT2D eigenvalue weighted by Crippen LogP contribution is -2.16. The smallest absolute Gasteiger partial charge is 0.252 e. The molecule has 0 saturated carbocycles. The Kier molecular flexibility index (Phi) is 2.06. The molecule has 0 aliphatic carbocycles. The van der Waals surface area contributed by atoms with Crippen LogP contribution in [0.25, 0.3) is 0 Å². The molecule has 68 valence electrons. The van der Waals surface area contributed by atoms with Gasteiger partial charge >= 0.3 is 0 Å². The molecule has 0 radical (unpaired) electrons. The van der Waals surface area contributed by atoms with Gasteiger partial charge in [-0.05, 0) is 53.6 Å². The Morgan fingerprint density at radius 2 is 2.15 bits per heavy atom. The third-order valence-corrected chi connectivity index (χ3v) is 3.55. The number of benzene rings is 1. The highest BCUT2D eigenvalue weighted by molar-refractivity contribution is 14.1. The van der Waals surface area contributed by atoms with Crippen LogP contribution in [0.3, 0.4) is 0 Å². The van der Waals surface area contributed by atoms with E-state index in [1.807, 2.05) is 13.0 Å². The van der Waals surface area contributed by atoms with Crippen molar-refractivity contribution in [3.05, 3.63) is 32.4 Å². The third-order valence-electron chi connectivity index (χ3n) is 2.39. The van der Waals surface area contributed by atoms with Crippen LogP contribution < -0.4 is 5.32 Å². The lowest BCUT2D eigenvalue weighted by Gasteiger charge is -2.05. The van der Waals surface area contributed by atoms with Gasteiger partial charge in [0.05, 0.1) is 6.04 Å². The van der Waals surface area contributed by atoms with E-state index >= 15 is 0 Å². The summed E-state index contributed by atoms with van der Waals surface area (Å²) >= 11 is 2.25. The van der Waals surface area contributed by atoms with E-state index in [-0.39, 0.29) is 11.9 Å². The second-order valence-electron chi connectivity index (χ2n) is 3.38. The summed E-state index contributed by atoms with van der Waals surface area (Å²) in [6.07, 6.45) is 0. The van der Waals surface area contributed by atoms with Crippen LogP contribution in [0.5, 0.6) is 0 Å². The second kappa shape index (κ2) is 2.97. The van der Waals surface area contributed by atoms with Crippen molar-refractivity contribution in [2.75, 3.05) is 0 Å². The zero-order valence-corrected chi connectivity index (χ0v) is 9.68. The van der Waals surface area contributed by atoms with E-state index in [0.717, 1.165) is 14.7 Å². The first-order valence-electron chi connectivity index (χ1n) is 4.20. The van der Waals surface area contributed by atoms with Crippen LogP contribution in [0.2, 0.25) is 0 Å². The van der Waals surface area contributed by atoms with Gasteiger partial charge in [0.15, 0.2) is 0 Å². The molecule has 1 atom stereocenters. The molecule has 1 aromatic carbocycles. The monoisotopic (exact) mass is 287 g/mol. The van der Waals surface area contributed by atoms with Gasteiger partial charge in [-0.1, -0.05) is 6.07 Å². The number of rotatable bonds is 0. The summed E-state index contributed by atoms with van der Waals surface area (Å²) < 4.78 is 1.15. The first kappa shape index (κ1) is 8.99. The minimum Gasteiger partial charge on any atom is -0.345 e. The van der Waals surface area contributed by atoms with Gasteiger partial charge in [-0.3, -0.25) is 4.79 Å². The lowest BCUT2D eigenvalue weighted by molar-refractivity contribution is 0.0958. The van der Waals surface area contributed by atoms with Crippen LogP contribution in [0.1, 0.15) is 34.5 Å². The van der Waals surface area contributed by atoms with E-state index in [1.165, 1.54) is 5.56 Å². The third kappa shape index (κ3) is 1.35. The van der Waals surface area contributed by atoms with E-state index in [2.05, 4.69) is 40.9 Å². The molecule has 0 aromatic heterocycles. The van der Waals surface area contributed by atoms with Gasteiger partial charge in [0.1, 0.15) is 0 Å². The van der Waals surface area contributed by atoms with Crippen molar-refractivity contribution in [1.29, 1.82) is 0 Å². The number of carbonyl (C=O) groups is 1. The summed E-state index contributed by atoms with van der Waals surface area (Å²) in [4.78, 5) is 11.4. The molecule has 1 N–H and O–H groups in total. The maximum absolute atomic E-state index is 11.4. The number of hydrogen-bond acceptors (Lipinski definition) is 1. The van der Waals surface area contributed by atoms with Gasteiger partial charge in [0, 0.05) is 9.13 Å². The second-order valence-corrected chi connectivity index (χ2v) is 4.55. The Morgan fingerprint density at radius 3 is 2.85 bits per heavy atom. The average Bonchev–Trinajstić information content (AvgIpc) is 2.31. The quantitative estimate of drug-likeness (QED) is 0.729. The van der Waals surface area contributed by atoms with Crippen LogP contribution in [0, 0.1) is 10.5 Å².